The number of hydrogen-bond acceptors (Lipinski definition) is 4. The van der Waals surface area contributed by atoms with Gasteiger partial charge in [0.15, 0.2) is 0 Å². The number of carbonyl (C=O) groups is 2. The van der Waals surface area contributed by atoms with Crippen LogP contribution in [0, 0.1) is 13.8 Å². The molecule has 0 saturated heterocycles. The van der Waals surface area contributed by atoms with Crippen LogP contribution in [0.15, 0.2) is 47.6 Å². The van der Waals surface area contributed by atoms with Gasteiger partial charge in [0.1, 0.15) is 0 Å². The third kappa shape index (κ3) is 4.60. The number of anilines is 1. The van der Waals surface area contributed by atoms with E-state index in [1.54, 1.807) is 12.3 Å². The number of benzene rings is 1. The van der Waals surface area contributed by atoms with E-state index in [9.17, 15) is 9.59 Å². The summed E-state index contributed by atoms with van der Waals surface area (Å²) >= 11 is 1.28. The van der Waals surface area contributed by atoms with E-state index < -0.39 is 6.03 Å². The van der Waals surface area contributed by atoms with Crippen LogP contribution in [-0.2, 0) is 4.79 Å². The highest BCUT2D eigenvalue weighted by Gasteiger charge is 2.10. The number of amides is 3. The van der Waals surface area contributed by atoms with Crippen LogP contribution in [0.4, 0.5) is 10.5 Å². The van der Waals surface area contributed by atoms with E-state index in [0.717, 1.165) is 16.2 Å². The third-order valence-corrected chi connectivity index (χ3v) is 4.04. The van der Waals surface area contributed by atoms with E-state index in [2.05, 4.69) is 15.6 Å². The van der Waals surface area contributed by atoms with Gasteiger partial charge in [0.05, 0.1) is 10.8 Å². The highest BCUT2D eigenvalue weighted by atomic mass is 32.2. The SMILES string of the molecule is Cc1cccc(NC(=O)NC(=O)CSc2ccccn2)c1C. The van der Waals surface area contributed by atoms with E-state index in [-0.39, 0.29) is 11.7 Å². The Kier molecular flexibility index (Phi) is 5.55. The van der Waals surface area contributed by atoms with Gasteiger partial charge in [-0.15, -0.1) is 0 Å². The zero-order valence-corrected chi connectivity index (χ0v) is 13.2. The quantitative estimate of drug-likeness (QED) is 0.850. The fourth-order valence-electron chi connectivity index (χ4n) is 1.77. The summed E-state index contributed by atoms with van der Waals surface area (Å²) in [4.78, 5) is 27.7. The summed E-state index contributed by atoms with van der Waals surface area (Å²) in [6, 6.07) is 10.6. The zero-order chi connectivity index (χ0) is 15.9. The van der Waals surface area contributed by atoms with Gasteiger partial charge in [0.2, 0.25) is 5.91 Å². The molecule has 0 unspecified atom stereocenters. The maximum Gasteiger partial charge on any atom is 0.325 e. The Balaban J connectivity index is 1.84. The first-order chi connectivity index (χ1) is 10.6. The van der Waals surface area contributed by atoms with Crippen LogP contribution in [0.1, 0.15) is 11.1 Å². The number of nitrogens with one attached hydrogen (secondary N) is 2. The first-order valence-electron chi connectivity index (χ1n) is 6.77. The maximum absolute atomic E-state index is 11.8. The van der Waals surface area contributed by atoms with E-state index in [1.807, 2.05) is 44.2 Å². The van der Waals surface area contributed by atoms with Crippen LogP contribution in [0.5, 0.6) is 0 Å². The number of rotatable bonds is 4. The molecule has 1 aromatic carbocycles. The van der Waals surface area contributed by atoms with Gasteiger partial charge in [0, 0.05) is 11.9 Å². The Morgan fingerprint density at radius 3 is 2.68 bits per heavy atom. The third-order valence-electron chi connectivity index (χ3n) is 3.09. The van der Waals surface area contributed by atoms with Crippen LogP contribution < -0.4 is 10.6 Å². The normalized spacial score (nSPS) is 10.1. The summed E-state index contributed by atoms with van der Waals surface area (Å²) in [7, 11) is 0. The molecule has 0 radical (unpaired) electrons. The highest BCUT2D eigenvalue weighted by molar-refractivity contribution is 7.99. The van der Waals surface area contributed by atoms with Crippen LogP contribution in [0.2, 0.25) is 0 Å². The van der Waals surface area contributed by atoms with Crippen LogP contribution in [-0.4, -0.2) is 22.7 Å². The minimum atomic E-state index is -0.527. The number of hydrogen-bond donors (Lipinski definition) is 2. The Bertz CT molecular complexity index is 674. The smallest absolute Gasteiger partial charge is 0.307 e. The number of carbonyl (C=O) groups excluding carboxylic acids is 2. The zero-order valence-electron chi connectivity index (χ0n) is 12.4. The van der Waals surface area contributed by atoms with Gasteiger partial charge in [0.25, 0.3) is 0 Å². The van der Waals surface area contributed by atoms with Gasteiger partial charge in [-0.3, -0.25) is 10.1 Å². The summed E-state index contributed by atoms with van der Waals surface area (Å²) in [6.45, 7) is 3.89. The van der Waals surface area contributed by atoms with Crippen molar-refractivity contribution in [2.45, 2.75) is 18.9 Å². The monoisotopic (exact) mass is 315 g/mol. The number of pyridine rings is 1. The maximum atomic E-state index is 11.8. The van der Waals surface area contributed by atoms with Crippen LogP contribution in [0.25, 0.3) is 0 Å². The molecule has 5 nitrogen and oxygen atoms in total. The van der Waals surface area contributed by atoms with Crippen LogP contribution >= 0.6 is 11.8 Å². The second kappa shape index (κ2) is 7.61. The summed E-state index contributed by atoms with van der Waals surface area (Å²) < 4.78 is 0. The van der Waals surface area contributed by atoms with Gasteiger partial charge in [-0.2, -0.15) is 0 Å². The van der Waals surface area contributed by atoms with E-state index in [1.165, 1.54) is 11.8 Å². The number of aryl methyl sites for hydroxylation is 1. The molecule has 2 N–H and O–H groups in total. The average Bonchev–Trinajstić information content (AvgIpc) is 2.51. The fourth-order valence-corrected chi connectivity index (χ4v) is 2.44. The van der Waals surface area contributed by atoms with Crippen molar-refractivity contribution in [2.24, 2.45) is 0 Å². The number of nitrogens with zero attached hydrogens (tertiary/aromatic N) is 1. The molecular weight excluding hydrogens is 298 g/mol. The van der Waals surface area contributed by atoms with E-state index in [4.69, 9.17) is 0 Å². The number of aromatic nitrogens is 1. The molecule has 22 heavy (non-hydrogen) atoms. The second-order valence-corrected chi connectivity index (χ2v) is 5.70. The predicted molar refractivity (Wildman–Crippen MR) is 88.0 cm³/mol. The van der Waals surface area contributed by atoms with Crippen molar-refractivity contribution in [1.29, 1.82) is 0 Å². The fraction of sp³-hybridized carbons (Fsp3) is 0.188. The van der Waals surface area contributed by atoms with Gasteiger partial charge >= 0.3 is 6.03 Å². The van der Waals surface area contributed by atoms with Crippen molar-refractivity contribution in [3.8, 4) is 0 Å². The van der Waals surface area contributed by atoms with E-state index in [0.29, 0.717) is 5.69 Å². The number of imide groups is 1. The second-order valence-electron chi connectivity index (χ2n) is 4.71. The first kappa shape index (κ1) is 16.0. The molecule has 3 amide bonds. The highest BCUT2D eigenvalue weighted by Crippen LogP contribution is 2.17. The molecule has 0 spiro atoms. The number of thioether (sulfide) groups is 1. The van der Waals surface area contributed by atoms with Crippen molar-refractivity contribution >= 4 is 29.4 Å². The molecular formula is C16H17N3O2S. The minimum absolute atomic E-state index is 0.136. The topological polar surface area (TPSA) is 71.1 Å². The summed E-state index contributed by atoms with van der Waals surface area (Å²) in [5.41, 5.74) is 2.76. The lowest BCUT2D eigenvalue weighted by molar-refractivity contribution is -0.117. The largest absolute Gasteiger partial charge is 0.325 e. The summed E-state index contributed by atoms with van der Waals surface area (Å²) in [6.07, 6.45) is 1.66. The lowest BCUT2D eigenvalue weighted by atomic mass is 10.1. The molecule has 114 valence electrons. The predicted octanol–water partition coefficient (Wildman–Crippen LogP) is 3.14. The van der Waals surface area contributed by atoms with Crippen LogP contribution in [0.3, 0.4) is 0 Å². The molecule has 0 saturated carbocycles. The Morgan fingerprint density at radius 2 is 1.95 bits per heavy atom. The molecule has 0 fully saturated rings. The minimum Gasteiger partial charge on any atom is -0.307 e. The molecule has 1 aromatic heterocycles. The number of urea groups is 1. The molecule has 2 rings (SSSR count). The van der Waals surface area contributed by atoms with Crippen molar-refractivity contribution < 1.29 is 9.59 Å². The Hall–Kier alpha value is -2.34. The lowest BCUT2D eigenvalue weighted by Crippen LogP contribution is -2.35. The molecule has 0 aliphatic carbocycles. The first-order valence-corrected chi connectivity index (χ1v) is 7.75. The molecule has 0 bridgehead atoms. The molecule has 0 aliphatic rings. The van der Waals surface area contributed by atoms with E-state index >= 15 is 0 Å². The van der Waals surface area contributed by atoms with Gasteiger partial charge in [-0.1, -0.05) is 30.0 Å². The van der Waals surface area contributed by atoms with Crippen molar-refractivity contribution in [1.82, 2.24) is 10.3 Å². The molecule has 6 heteroatoms. The molecule has 0 atom stereocenters. The average molecular weight is 315 g/mol. The molecule has 1 heterocycles. The standard InChI is InChI=1S/C16H17N3O2S/c1-11-6-5-7-13(12(11)2)18-16(21)19-14(20)10-22-15-8-3-4-9-17-15/h3-9H,10H2,1-2H3,(H2,18,19,20,21). The van der Waals surface area contributed by atoms with Crippen molar-refractivity contribution in [3.63, 3.8) is 0 Å². The van der Waals surface area contributed by atoms with Gasteiger partial charge in [-0.05, 0) is 43.2 Å². The molecule has 0 aliphatic heterocycles. The van der Waals surface area contributed by atoms with Gasteiger partial charge < -0.3 is 5.32 Å². The Labute approximate surface area is 133 Å². The lowest BCUT2D eigenvalue weighted by Gasteiger charge is -2.10. The Morgan fingerprint density at radius 1 is 1.14 bits per heavy atom. The molecule has 2 aromatic rings. The van der Waals surface area contributed by atoms with Crippen molar-refractivity contribution in [2.75, 3.05) is 11.1 Å². The van der Waals surface area contributed by atoms with Gasteiger partial charge in [-0.25, -0.2) is 9.78 Å². The summed E-state index contributed by atoms with van der Waals surface area (Å²) in [5.74, 6) is -0.226. The van der Waals surface area contributed by atoms with Crippen molar-refractivity contribution in [3.05, 3.63) is 53.7 Å². The summed E-state index contributed by atoms with van der Waals surface area (Å²) in [5, 5.41) is 5.74.